The molecule has 1 atom stereocenters. The predicted octanol–water partition coefficient (Wildman–Crippen LogP) is 4.21. The van der Waals surface area contributed by atoms with Crippen molar-refractivity contribution in [3.8, 4) is 0 Å². The molecule has 19 heavy (non-hydrogen) atoms. The van der Waals surface area contributed by atoms with Crippen LogP contribution in [0.4, 0.5) is 8.78 Å². The monoisotopic (exact) mass is 262 g/mol. The molecule has 1 nitrogen and oxygen atoms in total. The zero-order chi connectivity index (χ0) is 13.8. The molecule has 2 aromatic rings. The Labute approximate surface area is 111 Å². The van der Waals surface area contributed by atoms with Gasteiger partial charge in [0.15, 0.2) is 0 Å². The summed E-state index contributed by atoms with van der Waals surface area (Å²) >= 11 is 0. The molecule has 0 saturated carbocycles. The third-order valence-electron chi connectivity index (χ3n) is 3.25. The molecule has 0 fully saturated rings. The van der Waals surface area contributed by atoms with Gasteiger partial charge in [-0.1, -0.05) is 48.5 Å². The van der Waals surface area contributed by atoms with E-state index < -0.39 is 12.5 Å². The minimum atomic E-state index is -2.47. The average molecular weight is 262 g/mol. The molecule has 0 aromatic heterocycles. The molecule has 100 valence electrons. The maximum atomic E-state index is 12.4. The molecule has 1 unspecified atom stereocenters. The zero-order valence-corrected chi connectivity index (χ0v) is 10.7. The minimum absolute atomic E-state index is 0.0214. The van der Waals surface area contributed by atoms with Gasteiger partial charge in [0.1, 0.15) is 0 Å². The van der Waals surface area contributed by atoms with E-state index in [2.05, 4.69) is 0 Å². The smallest absolute Gasteiger partial charge is 0.263 e. The highest BCUT2D eigenvalue weighted by molar-refractivity contribution is 5.30. The van der Waals surface area contributed by atoms with Gasteiger partial charge in [-0.15, -0.1) is 0 Å². The van der Waals surface area contributed by atoms with E-state index in [4.69, 9.17) is 0 Å². The van der Waals surface area contributed by atoms with Crippen LogP contribution in [0.2, 0.25) is 0 Å². The molecule has 0 amide bonds. The molecule has 0 aliphatic carbocycles. The summed E-state index contributed by atoms with van der Waals surface area (Å²) in [6.07, 6.45) is -2.66. The molecule has 0 heterocycles. The fourth-order valence-electron chi connectivity index (χ4n) is 2.03. The Bertz CT molecular complexity index is 535. The van der Waals surface area contributed by atoms with Crippen molar-refractivity contribution in [3.05, 3.63) is 70.8 Å². The van der Waals surface area contributed by atoms with Crippen LogP contribution in [-0.2, 0) is 6.42 Å². The number of halogens is 2. The van der Waals surface area contributed by atoms with Gasteiger partial charge >= 0.3 is 0 Å². The Morgan fingerprint density at radius 3 is 2.11 bits per heavy atom. The Morgan fingerprint density at radius 1 is 0.947 bits per heavy atom. The van der Waals surface area contributed by atoms with Crippen molar-refractivity contribution < 1.29 is 13.9 Å². The van der Waals surface area contributed by atoms with Gasteiger partial charge in [0, 0.05) is 12.0 Å². The van der Waals surface area contributed by atoms with E-state index in [9.17, 15) is 13.9 Å². The van der Waals surface area contributed by atoms with Gasteiger partial charge in [0.05, 0.1) is 6.10 Å². The van der Waals surface area contributed by atoms with Gasteiger partial charge in [-0.25, -0.2) is 8.78 Å². The predicted molar refractivity (Wildman–Crippen MR) is 71.2 cm³/mol. The zero-order valence-electron chi connectivity index (χ0n) is 10.7. The number of rotatable bonds is 4. The number of hydrogen-bond acceptors (Lipinski definition) is 1. The molecule has 2 rings (SSSR count). The van der Waals surface area contributed by atoms with Crippen LogP contribution >= 0.6 is 0 Å². The van der Waals surface area contributed by atoms with E-state index in [1.54, 1.807) is 12.1 Å². The first kappa shape index (κ1) is 13.7. The fraction of sp³-hybridized carbons (Fsp3) is 0.250. The van der Waals surface area contributed by atoms with Gasteiger partial charge in [-0.3, -0.25) is 0 Å². The lowest BCUT2D eigenvalue weighted by molar-refractivity contribution is 0.151. The molecule has 0 aliphatic rings. The number of aryl methyl sites for hydroxylation is 1. The van der Waals surface area contributed by atoms with Crippen molar-refractivity contribution in [1.29, 1.82) is 0 Å². The van der Waals surface area contributed by atoms with Crippen molar-refractivity contribution in [1.82, 2.24) is 0 Å². The number of benzene rings is 2. The molecular formula is C16H16F2O. The molecule has 2 aromatic carbocycles. The van der Waals surface area contributed by atoms with Gasteiger partial charge in [0.2, 0.25) is 0 Å². The summed E-state index contributed by atoms with van der Waals surface area (Å²) in [5.41, 5.74) is 2.82. The summed E-state index contributed by atoms with van der Waals surface area (Å²) in [5.74, 6) is 0. The van der Waals surface area contributed by atoms with Crippen LogP contribution in [0.25, 0.3) is 0 Å². The number of hydrogen-bond donors (Lipinski definition) is 1. The van der Waals surface area contributed by atoms with Crippen molar-refractivity contribution in [2.75, 3.05) is 0 Å². The molecule has 1 N–H and O–H groups in total. The molecule has 0 radical (unpaired) electrons. The maximum Gasteiger partial charge on any atom is 0.263 e. The second-order valence-corrected chi connectivity index (χ2v) is 4.61. The second-order valence-electron chi connectivity index (χ2n) is 4.61. The van der Waals surface area contributed by atoms with Crippen LogP contribution in [0, 0.1) is 6.92 Å². The largest absolute Gasteiger partial charge is 0.388 e. The third kappa shape index (κ3) is 3.38. The third-order valence-corrected chi connectivity index (χ3v) is 3.25. The van der Waals surface area contributed by atoms with Crippen molar-refractivity contribution in [3.63, 3.8) is 0 Å². The van der Waals surface area contributed by atoms with Gasteiger partial charge in [-0.05, 0) is 23.6 Å². The Balaban J connectivity index is 2.12. The van der Waals surface area contributed by atoms with Gasteiger partial charge in [0.25, 0.3) is 6.43 Å². The van der Waals surface area contributed by atoms with Crippen molar-refractivity contribution in [2.45, 2.75) is 25.9 Å². The normalized spacial score (nSPS) is 12.7. The minimum Gasteiger partial charge on any atom is -0.388 e. The summed E-state index contributed by atoms with van der Waals surface area (Å²) in [5, 5.41) is 10.1. The van der Waals surface area contributed by atoms with Crippen LogP contribution < -0.4 is 0 Å². The average Bonchev–Trinajstić information content (AvgIpc) is 2.41. The van der Waals surface area contributed by atoms with E-state index in [0.717, 1.165) is 11.1 Å². The molecule has 0 bridgehead atoms. The lowest BCUT2D eigenvalue weighted by Gasteiger charge is -2.13. The Hall–Kier alpha value is -1.74. The maximum absolute atomic E-state index is 12.4. The molecule has 0 saturated heterocycles. The molecular weight excluding hydrogens is 246 g/mol. The second kappa shape index (κ2) is 5.93. The topological polar surface area (TPSA) is 20.2 Å². The van der Waals surface area contributed by atoms with E-state index in [1.165, 1.54) is 12.1 Å². The van der Waals surface area contributed by atoms with Crippen LogP contribution in [0.15, 0.2) is 48.5 Å². The SMILES string of the molecule is Cc1ccccc1CC(O)c1ccc(C(F)F)cc1. The highest BCUT2D eigenvalue weighted by Crippen LogP contribution is 2.24. The summed E-state index contributed by atoms with van der Waals surface area (Å²) in [6.45, 7) is 1.99. The first-order valence-corrected chi connectivity index (χ1v) is 6.18. The van der Waals surface area contributed by atoms with Crippen LogP contribution in [0.5, 0.6) is 0 Å². The Kier molecular flexibility index (Phi) is 4.27. The van der Waals surface area contributed by atoms with Gasteiger partial charge in [-0.2, -0.15) is 0 Å². The molecule has 0 spiro atoms. The lowest BCUT2D eigenvalue weighted by atomic mass is 9.98. The first-order chi connectivity index (χ1) is 9.08. The van der Waals surface area contributed by atoms with E-state index in [0.29, 0.717) is 12.0 Å². The summed E-state index contributed by atoms with van der Waals surface area (Å²) < 4.78 is 24.9. The fourth-order valence-corrected chi connectivity index (χ4v) is 2.03. The highest BCUT2D eigenvalue weighted by Gasteiger charge is 2.12. The summed E-state index contributed by atoms with van der Waals surface area (Å²) in [6, 6.07) is 13.7. The van der Waals surface area contributed by atoms with Gasteiger partial charge < -0.3 is 5.11 Å². The quantitative estimate of drug-likeness (QED) is 0.875. The lowest BCUT2D eigenvalue weighted by Crippen LogP contribution is -2.03. The number of alkyl halides is 2. The first-order valence-electron chi connectivity index (χ1n) is 6.18. The van der Waals surface area contributed by atoms with Crippen LogP contribution in [0.3, 0.4) is 0 Å². The molecule has 0 aliphatic heterocycles. The summed E-state index contributed by atoms with van der Waals surface area (Å²) in [7, 11) is 0. The number of aliphatic hydroxyl groups excluding tert-OH is 1. The summed E-state index contributed by atoms with van der Waals surface area (Å²) in [4.78, 5) is 0. The Morgan fingerprint density at radius 2 is 1.53 bits per heavy atom. The van der Waals surface area contributed by atoms with E-state index >= 15 is 0 Å². The van der Waals surface area contributed by atoms with Crippen LogP contribution in [-0.4, -0.2) is 5.11 Å². The molecule has 3 heteroatoms. The van der Waals surface area contributed by atoms with Crippen molar-refractivity contribution in [2.24, 2.45) is 0 Å². The van der Waals surface area contributed by atoms with E-state index in [-0.39, 0.29) is 5.56 Å². The standard InChI is InChI=1S/C16H16F2O/c1-11-4-2-3-5-14(11)10-15(19)12-6-8-13(9-7-12)16(17)18/h2-9,15-16,19H,10H2,1H3. The highest BCUT2D eigenvalue weighted by atomic mass is 19.3. The van der Waals surface area contributed by atoms with E-state index in [1.807, 2.05) is 31.2 Å². The van der Waals surface area contributed by atoms with Crippen LogP contribution in [0.1, 0.15) is 34.8 Å². The number of aliphatic hydroxyl groups is 1. The van der Waals surface area contributed by atoms with Crippen molar-refractivity contribution >= 4 is 0 Å².